The molecular weight excluding hydrogens is 763 g/mol. The average Bonchev–Trinajstić information content (AvgIpc) is 4.03. The molecule has 5 heterocycles. The van der Waals surface area contributed by atoms with Gasteiger partial charge in [-0.15, -0.1) is 11.3 Å². The Hall–Kier alpha value is -7.93. The lowest BCUT2D eigenvalue weighted by Gasteiger charge is -2.13. The molecule has 0 aliphatic heterocycles. The van der Waals surface area contributed by atoms with Crippen LogP contribution in [0.3, 0.4) is 0 Å². The smallest absolute Gasteiger partial charge is 0.235 e. The van der Waals surface area contributed by atoms with Gasteiger partial charge in [0, 0.05) is 65.7 Å². The highest BCUT2D eigenvalue weighted by Crippen LogP contribution is 2.44. The van der Waals surface area contributed by atoms with E-state index in [2.05, 4.69) is 202 Å². The van der Waals surface area contributed by atoms with Crippen LogP contribution in [0.5, 0.6) is 0 Å². The highest BCUT2D eigenvalue weighted by molar-refractivity contribution is 7.23. The minimum atomic E-state index is 0.644. The number of para-hydroxylation sites is 3. The minimum absolute atomic E-state index is 0.644. The highest BCUT2D eigenvalue weighted by atomic mass is 32.1. The predicted molar refractivity (Wildman–Crippen MR) is 255 cm³/mol. The third kappa shape index (κ3) is 5.16. The molecule has 0 amide bonds. The average molecular weight is 796 g/mol. The van der Waals surface area contributed by atoms with Crippen LogP contribution >= 0.6 is 11.3 Å². The SMILES string of the molecule is c1ccc(-c2nc(-n3c4ccc(-c5cccc6c7ccccc7n(-c7ccccc7)c56)cc4c4c5ccccc5ccc43)nc3ccc4cc(-c5ccncc5)sc4c23)cc1. The Balaban J connectivity index is 1.10. The number of fused-ring (bicyclic) bond motifs is 11. The molecule has 13 aromatic rings. The maximum absolute atomic E-state index is 5.56. The second-order valence-electron chi connectivity index (χ2n) is 15.6. The first-order chi connectivity index (χ1) is 30.3. The van der Waals surface area contributed by atoms with Crippen LogP contribution in [0.25, 0.3) is 120 Å². The van der Waals surface area contributed by atoms with E-state index in [0.29, 0.717) is 5.95 Å². The lowest BCUT2D eigenvalue weighted by Crippen LogP contribution is -2.03. The van der Waals surface area contributed by atoms with E-state index < -0.39 is 0 Å². The Bertz CT molecular complexity index is 3860. The van der Waals surface area contributed by atoms with E-state index in [1.165, 1.54) is 58.5 Å². The van der Waals surface area contributed by atoms with Crippen LogP contribution in [0.2, 0.25) is 0 Å². The van der Waals surface area contributed by atoms with E-state index in [-0.39, 0.29) is 0 Å². The van der Waals surface area contributed by atoms with E-state index >= 15 is 0 Å². The van der Waals surface area contributed by atoms with Crippen molar-refractivity contribution in [1.82, 2.24) is 24.1 Å². The summed E-state index contributed by atoms with van der Waals surface area (Å²) < 4.78 is 5.87. The third-order valence-electron chi connectivity index (χ3n) is 12.2. The highest BCUT2D eigenvalue weighted by Gasteiger charge is 2.23. The molecule has 5 nitrogen and oxygen atoms in total. The summed E-state index contributed by atoms with van der Waals surface area (Å²) in [6.45, 7) is 0. The van der Waals surface area contributed by atoms with Gasteiger partial charge in [0.15, 0.2) is 0 Å². The molecule has 0 N–H and O–H groups in total. The van der Waals surface area contributed by atoms with Crippen LogP contribution < -0.4 is 0 Å². The maximum Gasteiger partial charge on any atom is 0.235 e. The van der Waals surface area contributed by atoms with E-state index in [9.17, 15) is 0 Å². The van der Waals surface area contributed by atoms with Crippen molar-refractivity contribution in [3.8, 4) is 44.5 Å². The van der Waals surface area contributed by atoms with Crippen molar-refractivity contribution in [2.75, 3.05) is 0 Å². The van der Waals surface area contributed by atoms with Gasteiger partial charge < -0.3 is 4.57 Å². The number of pyridine rings is 1. The monoisotopic (exact) mass is 795 g/mol. The largest absolute Gasteiger partial charge is 0.309 e. The molecule has 61 heavy (non-hydrogen) atoms. The van der Waals surface area contributed by atoms with E-state index in [1.807, 2.05) is 12.4 Å². The molecule has 6 heteroatoms. The molecule has 8 aromatic carbocycles. The molecule has 0 fully saturated rings. The molecule has 0 aliphatic rings. The molecule has 0 atom stereocenters. The summed E-state index contributed by atoms with van der Waals surface area (Å²) in [4.78, 5) is 16.5. The van der Waals surface area contributed by atoms with E-state index in [0.717, 1.165) is 55.4 Å². The first-order valence-corrected chi connectivity index (χ1v) is 21.3. The Morgan fingerprint density at radius 1 is 0.426 bits per heavy atom. The van der Waals surface area contributed by atoms with Gasteiger partial charge in [0.1, 0.15) is 0 Å². The number of benzene rings is 8. The minimum Gasteiger partial charge on any atom is -0.309 e. The molecule has 0 saturated carbocycles. The standard InChI is InChI=1S/C55H33N5S/c1-3-13-36(14-4-1)52-51-45(25-22-38-33-49(61-54(38)51)35-28-30-56-31-29-35)57-55(58-52)60-47-26-24-37(32-44(47)50-40-17-8-7-12-34(40)23-27-48(50)60)41-19-11-20-43-42-18-9-10-21-46(42)59(53(41)43)39-15-5-2-6-16-39/h1-33H. The van der Waals surface area contributed by atoms with Crippen molar-refractivity contribution in [2.45, 2.75) is 0 Å². The van der Waals surface area contributed by atoms with E-state index in [4.69, 9.17) is 9.97 Å². The zero-order valence-corrected chi connectivity index (χ0v) is 33.5. The molecule has 284 valence electrons. The number of nitrogens with zero attached hydrogens (tertiary/aromatic N) is 5. The molecular formula is C55H33N5S. The zero-order chi connectivity index (χ0) is 40.0. The predicted octanol–water partition coefficient (Wildman–Crippen LogP) is 14.6. The van der Waals surface area contributed by atoms with Gasteiger partial charge in [0.05, 0.1) is 33.3 Å². The Labute approximate surface area is 354 Å². The van der Waals surface area contributed by atoms with Gasteiger partial charge in [-0.1, -0.05) is 127 Å². The van der Waals surface area contributed by atoms with Crippen LogP contribution in [0.1, 0.15) is 0 Å². The van der Waals surface area contributed by atoms with Gasteiger partial charge in [-0.3, -0.25) is 9.55 Å². The normalized spacial score (nSPS) is 11.9. The molecule has 0 spiro atoms. The molecule has 0 aliphatic carbocycles. The third-order valence-corrected chi connectivity index (χ3v) is 13.4. The lowest BCUT2D eigenvalue weighted by atomic mass is 9.98. The molecule has 0 unspecified atom stereocenters. The number of aromatic nitrogens is 5. The quantitative estimate of drug-likeness (QED) is 0.174. The maximum atomic E-state index is 5.56. The number of rotatable bonds is 5. The topological polar surface area (TPSA) is 48.5 Å². The van der Waals surface area contributed by atoms with Crippen LogP contribution in [-0.2, 0) is 0 Å². The summed E-state index contributed by atoms with van der Waals surface area (Å²) in [7, 11) is 0. The summed E-state index contributed by atoms with van der Waals surface area (Å²) in [6.07, 6.45) is 3.71. The van der Waals surface area contributed by atoms with Crippen molar-refractivity contribution >= 4 is 86.7 Å². The summed E-state index contributed by atoms with van der Waals surface area (Å²) >= 11 is 1.78. The Morgan fingerprint density at radius 2 is 1.15 bits per heavy atom. The fourth-order valence-corrected chi connectivity index (χ4v) is 10.7. The van der Waals surface area contributed by atoms with Crippen molar-refractivity contribution in [2.24, 2.45) is 0 Å². The number of thiophene rings is 1. The Kier molecular flexibility index (Phi) is 7.41. The van der Waals surface area contributed by atoms with Gasteiger partial charge in [0.25, 0.3) is 0 Å². The molecule has 0 bridgehead atoms. The van der Waals surface area contributed by atoms with Gasteiger partial charge in [0.2, 0.25) is 5.95 Å². The summed E-state index contributed by atoms with van der Waals surface area (Å²) in [5, 5.41) is 9.45. The molecule has 13 rings (SSSR count). The van der Waals surface area contributed by atoms with Gasteiger partial charge in [-0.2, -0.15) is 0 Å². The lowest BCUT2D eigenvalue weighted by molar-refractivity contribution is 1.01. The fraction of sp³-hybridized carbons (Fsp3) is 0. The fourth-order valence-electron chi connectivity index (χ4n) is 9.54. The second kappa shape index (κ2) is 13.3. The van der Waals surface area contributed by atoms with Crippen molar-refractivity contribution in [3.05, 3.63) is 200 Å². The molecule has 0 saturated heterocycles. The van der Waals surface area contributed by atoms with Crippen LogP contribution in [0.15, 0.2) is 200 Å². The first-order valence-electron chi connectivity index (χ1n) is 20.5. The summed E-state index contributed by atoms with van der Waals surface area (Å²) in [5.41, 5.74) is 12.0. The van der Waals surface area contributed by atoms with Crippen LogP contribution in [-0.4, -0.2) is 24.1 Å². The number of hydrogen-bond donors (Lipinski definition) is 0. The molecule has 5 aromatic heterocycles. The van der Waals surface area contributed by atoms with Crippen molar-refractivity contribution in [3.63, 3.8) is 0 Å². The van der Waals surface area contributed by atoms with Crippen LogP contribution in [0, 0.1) is 0 Å². The van der Waals surface area contributed by atoms with Crippen molar-refractivity contribution < 1.29 is 0 Å². The molecule has 0 radical (unpaired) electrons. The first kappa shape index (κ1) is 34.0. The number of hydrogen-bond acceptors (Lipinski definition) is 4. The summed E-state index contributed by atoms with van der Waals surface area (Å²) in [6, 6.07) is 67.6. The second-order valence-corrected chi connectivity index (χ2v) is 16.7. The van der Waals surface area contributed by atoms with Gasteiger partial charge in [-0.05, 0) is 87.9 Å². The van der Waals surface area contributed by atoms with Gasteiger partial charge in [-0.25, -0.2) is 9.97 Å². The zero-order valence-electron chi connectivity index (χ0n) is 32.7. The van der Waals surface area contributed by atoms with E-state index in [1.54, 1.807) is 11.3 Å². The summed E-state index contributed by atoms with van der Waals surface area (Å²) in [5.74, 6) is 0.644. The van der Waals surface area contributed by atoms with Gasteiger partial charge >= 0.3 is 0 Å². The van der Waals surface area contributed by atoms with Crippen LogP contribution in [0.4, 0.5) is 0 Å². The van der Waals surface area contributed by atoms with Crippen molar-refractivity contribution in [1.29, 1.82) is 0 Å². The Morgan fingerprint density at radius 3 is 2.02 bits per heavy atom.